The smallest absolute Gasteiger partial charge is 0.272 e. The van der Waals surface area contributed by atoms with Crippen molar-refractivity contribution in [2.75, 3.05) is 32.5 Å². The topological polar surface area (TPSA) is 88.6 Å². The third-order valence-electron chi connectivity index (χ3n) is 4.77. The molecule has 2 aliphatic heterocycles. The van der Waals surface area contributed by atoms with Gasteiger partial charge in [0.25, 0.3) is 5.91 Å². The Kier molecular flexibility index (Phi) is 4.63. The monoisotopic (exact) mass is 353 g/mol. The van der Waals surface area contributed by atoms with Crippen LogP contribution in [0.4, 0.5) is 0 Å². The highest BCUT2D eigenvalue weighted by Crippen LogP contribution is 2.41. The third kappa shape index (κ3) is 3.60. The van der Waals surface area contributed by atoms with Gasteiger partial charge in [-0.05, 0) is 37.8 Å². The number of carbonyl (C=O) groups excluding carboxylic acids is 1. The maximum absolute atomic E-state index is 12.5. The molecule has 132 valence electrons. The summed E-state index contributed by atoms with van der Waals surface area (Å²) >= 11 is 0. The van der Waals surface area contributed by atoms with Crippen molar-refractivity contribution in [2.24, 2.45) is 5.92 Å². The summed E-state index contributed by atoms with van der Waals surface area (Å²) in [5.74, 6) is 0.189. The zero-order valence-corrected chi connectivity index (χ0v) is 14.8. The van der Waals surface area contributed by atoms with Gasteiger partial charge in [-0.3, -0.25) is 4.79 Å². The van der Waals surface area contributed by atoms with Crippen molar-refractivity contribution in [2.45, 2.75) is 25.4 Å². The summed E-state index contributed by atoms with van der Waals surface area (Å²) in [6, 6.07) is 5.42. The molecule has 0 radical (unpaired) electrons. The first-order chi connectivity index (χ1) is 11.3. The van der Waals surface area contributed by atoms with Crippen LogP contribution in [0.25, 0.3) is 0 Å². The first-order valence-electron chi connectivity index (χ1n) is 8.11. The number of carbonyl (C=O) groups is 1. The number of nitrogens with zero attached hydrogens (tertiary/aromatic N) is 2. The Morgan fingerprint density at radius 2 is 2.21 bits per heavy atom. The first-order valence-corrected chi connectivity index (χ1v) is 10.00. The average molecular weight is 353 g/mol. The Balaban J connectivity index is 1.58. The molecule has 1 N–H and O–H groups in total. The number of sulfonamides is 1. The highest BCUT2D eigenvalue weighted by Gasteiger charge is 2.54. The van der Waals surface area contributed by atoms with Crippen LogP contribution in [-0.4, -0.2) is 62.3 Å². The summed E-state index contributed by atoms with van der Waals surface area (Å²) in [5, 5.41) is 0. The van der Waals surface area contributed by atoms with Gasteiger partial charge in [-0.2, -0.15) is 0 Å². The fourth-order valence-electron chi connectivity index (χ4n) is 3.53. The fraction of sp³-hybridized carbons (Fsp3) is 0.625. The van der Waals surface area contributed by atoms with Crippen molar-refractivity contribution in [3.05, 3.63) is 29.6 Å². The zero-order valence-electron chi connectivity index (χ0n) is 14.0. The number of likely N-dealkylation sites (tertiary alicyclic amines) is 1. The number of amides is 1. The molecule has 0 aromatic carbocycles. The maximum atomic E-state index is 12.5. The lowest BCUT2D eigenvalue weighted by atomic mass is 9.79. The van der Waals surface area contributed by atoms with Crippen molar-refractivity contribution in [1.82, 2.24) is 14.6 Å². The van der Waals surface area contributed by atoms with E-state index in [0.717, 1.165) is 24.8 Å². The third-order valence-corrected chi connectivity index (χ3v) is 5.50. The Morgan fingerprint density at radius 1 is 1.46 bits per heavy atom. The van der Waals surface area contributed by atoms with Gasteiger partial charge in [-0.1, -0.05) is 6.07 Å². The van der Waals surface area contributed by atoms with Crippen LogP contribution >= 0.6 is 0 Å². The zero-order chi connectivity index (χ0) is 17.4. The largest absolute Gasteiger partial charge is 0.371 e. The quantitative estimate of drug-likeness (QED) is 0.836. The van der Waals surface area contributed by atoms with Crippen LogP contribution in [0.3, 0.4) is 0 Å². The van der Waals surface area contributed by atoms with Crippen molar-refractivity contribution in [1.29, 1.82) is 0 Å². The molecule has 1 unspecified atom stereocenters. The fourth-order valence-corrected chi connectivity index (χ4v) is 4.02. The van der Waals surface area contributed by atoms with E-state index in [0.29, 0.717) is 31.9 Å². The van der Waals surface area contributed by atoms with Crippen molar-refractivity contribution >= 4 is 15.9 Å². The number of ether oxygens (including phenoxy) is 1. The van der Waals surface area contributed by atoms with Crippen LogP contribution in [-0.2, 0) is 14.8 Å². The molecular weight excluding hydrogens is 330 g/mol. The van der Waals surface area contributed by atoms with Crippen molar-refractivity contribution < 1.29 is 17.9 Å². The van der Waals surface area contributed by atoms with Gasteiger partial charge in [0.2, 0.25) is 10.0 Å². The molecule has 0 saturated carbocycles. The van der Waals surface area contributed by atoms with E-state index in [9.17, 15) is 13.2 Å². The predicted molar refractivity (Wildman–Crippen MR) is 89.1 cm³/mol. The van der Waals surface area contributed by atoms with E-state index in [1.807, 2.05) is 19.1 Å². The van der Waals surface area contributed by atoms with Gasteiger partial charge < -0.3 is 9.64 Å². The predicted octanol–water partition coefficient (Wildman–Crippen LogP) is 0.560. The van der Waals surface area contributed by atoms with E-state index >= 15 is 0 Å². The van der Waals surface area contributed by atoms with Gasteiger partial charge in [0.1, 0.15) is 11.3 Å². The molecule has 2 fully saturated rings. The van der Waals surface area contributed by atoms with Gasteiger partial charge in [0.05, 0.1) is 19.3 Å². The molecule has 3 heterocycles. The minimum atomic E-state index is -3.17. The van der Waals surface area contributed by atoms with Gasteiger partial charge in [0, 0.05) is 18.8 Å². The minimum absolute atomic E-state index is 0.0761. The molecule has 24 heavy (non-hydrogen) atoms. The van der Waals surface area contributed by atoms with Crippen molar-refractivity contribution in [3.8, 4) is 0 Å². The summed E-state index contributed by atoms with van der Waals surface area (Å²) in [4.78, 5) is 18.5. The molecule has 0 aliphatic carbocycles. The molecule has 1 spiro atoms. The van der Waals surface area contributed by atoms with Gasteiger partial charge in [0.15, 0.2) is 0 Å². The highest BCUT2D eigenvalue weighted by atomic mass is 32.2. The molecular formula is C16H23N3O4S. The van der Waals surface area contributed by atoms with Gasteiger partial charge >= 0.3 is 0 Å². The van der Waals surface area contributed by atoms with Gasteiger partial charge in [-0.25, -0.2) is 18.1 Å². The number of aryl methyl sites for hydroxylation is 1. The van der Waals surface area contributed by atoms with E-state index in [4.69, 9.17) is 4.74 Å². The Hall–Kier alpha value is -1.51. The number of nitrogens with one attached hydrogen (secondary N) is 1. The lowest BCUT2D eigenvalue weighted by Gasteiger charge is -2.50. The standard InChI is InChI=1S/C16H23N3O4S/c1-12-4-3-5-14(18-12)15(20)19-10-16(11-19)13(7-9-23-16)6-8-17-24(2,21)22/h3-5,13,17H,6-11H2,1-2H3. The molecule has 3 rings (SSSR count). The number of rotatable bonds is 5. The van der Waals surface area contributed by atoms with Crippen LogP contribution in [0.5, 0.6) is 0 Å². The minimum Gasteiger partial charge on any atom is -0.371 e. The van der Waals surface area contributed by atoms with Crippen LogP contribution < -0.4 is 4.72 Å². The summed E-state index contributed by atoms with van der Waals surface area (Å²) in [6.07, 6.45) is 2.78. The second-order valence-electron chi connectivity index (χ2n) is 6.68. The molecule has 1 aromatic heterocycles. The Labute approximate surface area is 142 Å². The molecule has 2 aliphatic rings. The molecule has 1 aromatic rings. The maximum Gasteiger partial charge on any atom is 0.272 e. The van der Waals surface area contributed by atoms with E-state index in [1.165, 1.54) is 0 Å². The summed E-state index contributed by atoms with van der Waals surface area (Å²) in [7, 11) is -3.17. The molecule has 2 saturated heterocycles. The van der Waals surface area contributed by atoms with E-state index in [-0.39, 0.29) is 17.4 Å². The number of hydrogen-bond acceptors (Lipinski definition) is 5. The lowest BCUT2D eigenvalue weighted by Crippen LogP contribution is -2.66. The van der Waals surface area contributed by atoms with Crippen LogP contribution in [0.1, 0.15) is 29.0 Å². The summed E-state index contributed by atoms with van der Waals surface area (Å²) < 4.78 is 30.8. The average Bonchev–Trinajstić information content (AvgIpc) is 2.87. The molecule has 8 heteroatoms. The Bertz CT molecular complexity index is 729. The number of aromatic nitrogens is 1. The van der Waals surface area contributed by atoms with E-state index in [2.05, 4.69) is 9.71 Å². The second-order valence-corrected chi connectivity index (χ2v) is 8.51. The number of pyridine rings is 1. The second kappa shape index (κ2) is 6.42. The van der Waals surface area contributed by atoms with E-state index < -0.39 is 10.0 Å². The SMILES string of the molecule is Cc1cccc(C(=O)N2CC3(C2)OCCC3CCNS(C)(=O)=O)n1. The molecule has 1 amide bonds. The van der Waals surface area contributed by atoms with Crippen LogP contribution in [0.15, 0.2) is 18.2 Å². The summed E-state index contributed by atoms with van der Waals surface area (Å²) in [5.41, 5.74) is 0.953. The van der Waals surface area contributed by atoms with Crippen LogP contribution in [0, 0.1) is 12.8 Å². The Morgan fingerprint density at radius 3 is 2.88 bits per heavy atom. The molecule has 0 bridgehead atoms. The van der Waals surface area contributed by atoms with Gasteiger partial charge in [-0.15, -0.1) is 0 Å². The van der Waals surface area contributed by atoms with E-state index in [1.54, 1.807) is 11.0 Å². The normalized spacial score (nSPS) is 22.6. The number of hydrogen-bond donors (Lipinski definition) is 1. The summed E-state index contributed by atoms with van der Waals surface area (Å²) in [6.45, 7) is 4.02. The first kappa shape index (κ1) is 17.3. The molecule has 7 nitrogen and oxygen atoms in total. The van der Waals surface area contributed by atoms with Crippen molar-refractivity contribution in [3.63, 3.8) is 0 Å². The lowest BCUT2D eigenvalue weighted by molar-refractivity contribution is -0.118. The van der Waals surface area contributed by atoms with Crippen LogP contribution in [0.2, 0.25) is 0 Å². The highest BCUT2D eigenvalue weighted by molar-refractivity contribution is 7.88. The molecule has 1 atom stereocenters.